The van der Waals surface area contributed by atoms with E-state index in [9.17, 15) is 14.9 Å². The summed E-state index contributed by atoms with van der Waals surface area (Å²) in [7, 11) is 2.85. The molecule has 0 aliphatic carbocycles. The summed E-state index contributed by atoms with van der Waals surface area (Å²) in [5.74, 6) is 0.221. The van der Waals surface area contributed by atoms with Gasteiger partial charge in [0.2, 0.25) is 0 Å². The number of amides is 1. The van der Waals surface area contributed by atoms with Gasteiger partial charge in [0.05, 0.1) is 25.2 Å². The van der Waals surface area contributed by atoms with Crippen molar-refractivity contribution in [2.75, 3.05) is 40.4 Å². The average molecular weight is 386 g/mol. The standard InChI is InChI=1S/C17H23N3O5.ClH/c1-24-14-9-12(13(20(22)23)10-15(14)25-2)16(21)19-7-4-17(5-8-19)3-6-18-11-17;/h9-10,18H,3-8,11H2,1-2H3;1H. The summed E-state index contributed by atoms with van der Waals surface area (Å²) in [5.41, 5.74) is 0.0638. The highest BCUT2D eigenvalue weighted by atomic mass is 35.5. The molecule has 0 unspecified atom stereocenters. The van der Waals surface area contributed by atoms with Crippen LogP contribution in [0.25, 0.3) is 0 Å². The van der Waals surface area contributed by atoms with Crippen molar-refractivity contribution in [1.29, 1.82) is 0 Å². The third-order valence-corrected chi connectivity index (χ3v) is 5.37. The molecular weight excluding hydrogens is 362 g/mol. The maximum absolute atomic E-state index is 12.9. The van der Waals surface area contributed by atoms with Crippen LogP contribution in [0.1, 0.15) is 29.6 Å². The zero-order chi connectivity index (χ0) is 18.0. The van der Waals surface area contributed by atoms with Gasteiger partial charge in [-0.2, -0.15) is 0 Å². The van der Waals surface area contributed by atoms with Gasteiger partial charge in [-0.15, -0.1) is 12.4 Å². The number of carbonyl (C=O) groups excluding carboxylic acids is 1. The third kappa shape index (κ3) is 3.71. The average Bonchev–Trinajstić information content (AvgIpc) is 3.08. The molecule has 0 saturated carbocycles. The number of rotatable bonds is 4. The molecule has 0 atom stereocenters. The van der Waals surface area contributed by atoms with E-state index in [1.165, 1.54) is 26.4 Å². The molecule has 1 aromatic rings. The number of benzene rings is 1. The van der Waals surface area contributed by atoms with Crippen LogP contribution in [-0.2, 0) is 0 Å². The van der Waals surface area contributed by atoms with E-state index in [2.05, 4.69) is 5.32 Å². The summed E-state index contributed by atoms with van der Waals surface area (Å²) in [6.45, 7) is 3.25. The number of halogens is 1. The van der Waals surface area contributed by atoms with Crippen molar-refractivity contribution in [2.45, 2.75) is 19.3 Å². The summed E-state index contributed by atoms with van der Waals surface area (Å²) < 4.78 is 10.3. The van der Waals surface area contributed by atoms with Crippen LogP contribution in [0.2, 0.25) is 0 Å². The van der Waals surface area contributed by atoms with Gasteiger partial charge in [0.25, 0.3) is 11.6 Å². The summed E-state index contributed by atoms with van der Waals surface area (Å²) in [4.78, 5) is 25.5. The second-order valence-electron chi connectivity index (χ2n) is 6.70. The number of likely N-dealkylation sites (tertiary alicyclic amines) is 1. The van der Waals surface area contributed by atoms with Crippen LogP contribution in [0.4, 0.5) is 5.69 Å². The van der Waals surface area contributed by atoms with Gasteiger partial charge in [-0.25, -0.2) is 0 Å². The Balaban J connectivity index is 0.00000243. The number of nitrogens with one attached hydrogen (secondary N) is 1. The number of hydrogen-bond acceptors (Lipinski definition) is 6. The molecule has 2 aliphatic rings. The van der Waals surface area contributed by atoms with E-state index in [0.29, 0.717) is 18.8 Å². The Morgan fingerprint density at radius 2 is 1.81 bits per heavy atom. The highest BCUT2D eigenvalue weighted by Gasteiger charge is 2.39. The first-order valence-corrected chi connectivity index (χ1v) is 8.40. The minimum absolute atomic E-state index is 0. The van der Waals surface area contributed by atoms with Gasteiger partial charge in [0.15, 0.2) is 11.5 Å². The lowest BCUT2D eigenvalue weighted by molar-refractivity contribution is -0.385. The van der Waals surface area contributed by atoms with Crippen LogP contribution in [0.15, 0.2) is 12.1 Å². The molecule has 2 heterocycles. The number of methoxy groups -OCH3 is 2. The summed E-state index contributed by atoms with van der Waals surface area (Å²) in [6.07, 6.45) is 2.98. The highest BCUT2D eigenvalue weighted by Crippen LogP contribution is 2.39. The van der Waals surface area contributed by atoms with E-state index in [4.69, 9.17) is 9.47 Å². The van der Waals surface area contributed by atoms with Crippen molar-refractivity contribution in [1.82, 2.24) is 10.2 Å². The van der Waals surface area contributed by atoms with Crippen LogP contribution >= 0.6 is 12.4 Å². The maximum atomic E-state index is 12.9. The molecule has 8 nitrogen and oxygen atoms in total. The van der Waals surface area contributed by atoms with Gasteiger partial charge in [-0.05, 0) is 31.2 Å². The molecule has 0 aromatic heterocycles. The number of nitro groups is 1. The predicted octanol–water partition coefficient (Wildman–Crippen LogP) is 2.25. The minimum Gasteiger partial charge on any atom is -0.493 e. The molecule has 2 saturated heterocycles. The Kier molecular flexibility index (Phi) is 6.30. The fourth-order valence-electron chi connectivity index (χ4n) is 3.77. The van der Waals surface area contributed by atoms with Crippen LogP contribution in [0.5, 0.6) is 11.5 Å². The molecule has 3 rings (SSSR count). The molecule has 2 fully saturated rings. The lowest BCUT2D eigenvalue weighted by Gasteiger charge is -2.38. The minimum atomic E-state index is -0.554. The maximum Gasteiger partial charge on any atom is 0.286 e. The second kappa shape index (κ2) is 8.09. The molecule has 9 heteroatoms. The largest absolute Gasteiger partial charge is 0.493 e. The van der Waals surface area contributed by atoms with Crippen LogP contribution in [0, 0.1) is 15.5 Å². The van der Waals surface area contributed by atoms with E-state index < -0.39 is 4.92 Å². The van der Waals surface area contributed by atoms with E-state index >= 15 is 0 Å². The Hall–Kier alpha value is -2.06. The number of nitrogens with zero attached hydrogens (tertiary/aromatic N) is 2. The van der Waals surface area contributed by atoms with Gasteiger partial charge in [0, 0.05) is 25.7 Å². The zero-order valence-corrected chi connectivity index (χ0v) is 15.8. The Morgan fingerprint density at radius 3 is 2.31 bits per heavy atom. The molecule has 1 N–H and O–H groups in total. The Morgan fingerprint density at radius 1 is 1.19 bits per heavy atom. The first-order chi connectivity index (χ1) is 12.0. The number of ether oxygens (including phenoxy) is 2. The zero-order valence-electron chi connectivity index (χ0n) is 14.9. The van der Waals surface area contributed by atoms with E-state index in [1.807, 2.05) is 0 Å². The van der Waals surface area contributed by atoms with Crippen LogP contribution in [-0.4, -0.2) is 56.1 Å². The van der Waals surface area contributed by atoms with Crippen LogP contribution in [0.3, 0.4) is 0 Å². The molecule has 1 spiro atoms. The summed E-state index contributed by atoms with van der Waals surface area (Å²) in [6, 6.07) is 2.65. The van der Waals surface area contributed by atoms with Gasteiger partial charge >= 0.3 is 0 Å². The van der Waals surface area contributed by atoms with E-state index in [0.717, 1.165) is 32.4 Å². The van der Waals surface area contributed by atoms with Crippen molar-refractivity contribution in [2.24, 2.45) is 5.41 Å². The summed E-state index contributed by atoms with van der Waals surface area (Å²) in [5, 5.41) is 14.8. The first kappa shape index (κ1) is 20.3. The van der Waals surface area contributed by atoms with Crippen molar-refractivity contribution in [3.63, 3.8) is 0 Å². The first-order valence-electron chi connectivity index (χ1n) is 8.40. The normalized spacial score (nSPS) is 18.3. The van der Waals surface area contributed by atoms with E-state index in [1.54, 1.807) is 4.90 Å². The number of nitro benzene ring substituents is 1. The number of piperidine rings is 1. The lowest BCUT2D eigenvalue weighted by atomic mass is 9.78. The SMILES string of the molecule is COc1cc(C(=O)N2CCC3(CCNC3)CC2)c([N+](=O)[O-])cc1OC.Cl. The molecule has 144 valence electrons. The van der Waals surface area contributed by atoms with Crippen molar-refractivity contribution >= 4 is 24.0 Å². The van der Waals surface area contributed by atoms with Crippen molar-refractivity contribution in [3.8, 4) is 11.5 Å². The fraction of sp³-hybridized carbons (Fsp3) is 0.588. The smallest absolute Gasteiger partial charge is 0.286 e. The third-order valence-electron chi connectivity index (χ3n) is 5.37. The Bertz CT molecular complexity index is 681. The lowest BCUT2D eigenvalue weighted by Crippen LogP contribution is -2.44. The molecule has 0 bridgehead atoms. The summed E-state index contributed by atoms with van der Waals surface area (Å²) >= 11 is 0. The topological polar surface area (TPSA) is 93.9 Å². The molecular formula is C17H24ClN3O5. The Labute approximate surface area is 158 Å². The molecule has 0 radical (unpaired) electrons. The quantitative estimate of drug-likeness (QED) is 0.631. The molecule has 26 heavy (non-hydrogen) atoms. The van der Waals surface area contributed by atoms with Gasteiger partial charge in [-0.1, -0.05) is 0 Å². The number of carbonyl (C=O) groups is 1. The molecule has 1 aromatic carbocycles. The van der Waals surface area contributed by atoms with Crippen molar-refractivity contribution in [3.05, 3.63) is 27.8 Å². The van der Waals surface area contributed by atoms with E-state index in [-0.39, 0.29) is 40.7 Å². The molecule has 1 amide bonds. The second-order valence-corrected chi connectivity index (χ2v) is 6.70. The number of hydrogen-bond donors (Lipinski definition) is 1. The van der Waals surface area contributed by atoms with Gasteiger partial charge in [-0.3, -0.25) is 14.9 Å². The van der Waals surface area contributed by atoms with Crippen molar-refractivity contribution < 1.29 is 19.2 Å². The van der Waals surface area contributed by atoms with Crippen LogP contribution < -0.4 is 14.8 Å². The van der Waals surface area contributed by atoms with Gasteiger partial charge in [0.1, 0.15) is 5.56 Å². The monoisotopic (exact) mass is 385 g/mol. The fourth-order valence-corrected chi connectivity index (χ4v) is 3.77. The predicted molar refractivity (Wildman–Crippen MR) is 98.5 cm³/mol. The molecule has 2 aliphatic heterocycles. The van der Waals surface area contributed by atoms with Gasteiger partial charge < -0.3 is 19.7 Å². The highest BCUT2D eigenvalue weighted by molar-refractivity contribution is 5.99.